The number of nitrogens with one attached hydrogen (secondary N) is 1. The van der Waals surface area contributed by atoms with Gasteiger partial charge in [0.1, 0.15) is 6.04 Å². The molecule has 2 aromatic rings. The van der Waals surface area contributed by atoms with Crippen molar-refractivity contribution in [1.29, 1.82) is 0 Å². The van der Waals surface area contributed by atoms with Crippen LogP contribution in [0, 0.1) is 0 Å². The molecule has 0 aliphatic carbocycles. The predicted octanol–water partition coefficient (Wildman–Crippen LogP) is 0.486. The van der Waals surface area contributed by atoms with Gasteiger partial charge < -0.3 is 25.1 Å². The zero-order valence-electron chi connectivity index (χ0n) is 13.9. The molecule has 0 unspecified atom stereocenters. The summed E-state index contributed by atoms with van der Waals surface area (Å²) in [7, 11) is 1.59. The summed E-state index contributed by atoms with van der Waals surface area (Å²) in [6.07, 6.45) is 5.03. The Labute approximate surface area is 145 Å². The lowest BCUT2D eigenvalue weighted by atomic mass is 10.2. The number of pyridine rings is 1. The molecule has 0 saturated carbocycles. The van der Waals surface area contributed by atoms with Crippen LogP contribution in [0.5, 0.6) is 0 Å². The Morgan fingerprint density at radius 1 is 1.36 bits per heavy atom. The van der Waals surface area contributed by atoms with Crippen molar-refractivity contribution in [3.63, 3.8) is 0 Å². The Kier molecular flexibility index (Phi) is 6.90. The number of aromatic amines is 1. The number of carbonyl (C=O) groups excluding carboxylic acids is 2. The molecular weight excluding hydrogens is 326 g/mol. The van der Waals surface area contributed by atoms with E-state index in [4.69, 9.17) is 15.2 Å². The van der Waals surface area contributed by atoms with Gasteiger partial charge in [0.15, 0.2) is 0 Å². The van der Waals surface area contributed by atoms with Gasteiger partial charge in [0.05, 0.1) is 6.33 Å². The molecule has 9 nitrogen and oxygen atoms in total. The van der Waals surface area contributed by atoms with E-state index in [-0.39, 0.29) is 6.42 Å². The van der Waals surface area contributed by atoms with E-state index in [1.807, 2.05) is 18.2 Å². The molecule has 134 valence electrons. The third-order valence-electron chi connectivity index (χ3n) is 3.42. The molecule has 2 aromatic heterocycles. The first kappa shape index (κ1) is 18.4. The molecule has 0 bridgehead atoms. The Morgan fingerprint density at radius 2 is 2.20 bits per heavy atom. The maximum Gasteiger partial charge on any atom is 0.412 e. The number of amides is 1. The lowest BCUT2D eigenvalue weighted by molar-refractivity contribution is -0.153. The third-order valence-corrected chi connectivity index (χ3v) is 3.42. The zero-order chi connectivity index (χ0) is 18.1. The van der Waals surface area contributed by atoms with Crippen molar-refractivity contribution >= 4 is 12.1 Å². The van der Waals surface area contributed by atoms with E-state index in [0.29, 0.717) is 13.0 Å². The van der Waals surface area contributed by atoms with Crippen LogP contribution in [-0.4, -0.2) is 58.3 Å². The van der Waals surface area contributed by atoms with Crippen molar-refractivity contribution in [3.8, 4) is 0 Å². The Hall–Kier alpha value is -2.94. The van der Waals surface area contributed by atoms with E-state index >= 15 is 0 Å². The summed E-state index contributed by atoms with van der Waals surface area (Å²) in [5.74, 6) is -0.654. The van der Waals surface area contributed by atoms with Crippen LogP contribution in [0.15, 0.2) is 36.9 Å². The maximum atomic E-state index is 11.8. The number of rotatable bonds is 8. The van der Waals surface area contributed by atoms with E-state index in [1.165, 1.54) is 11.2 Å². The molecule has 9 heteroatoms. The first-order valence-electron chi connectivity index (χ1n) is 7.73. The fourth-order valence-electron chi connectivity index (χ4n) is 1.99. The van der Waals surface area contributed by atoms with Gasteiger partial charge in [0.25, 0.3) is 0 Å². The number of aromatic nitrogens is 3. The Balaban J connectivity index is 1.64. The van der Waals surface area contributed by atoms with Gasteiger partial charge in [-0.3, -0.25) is 9.78 Å². The summed E-state index contributed by atoms with van der Waals surface area (Å²) in [5, 5.41) is 0. The molecule has 3 N–H and O–H groups in total. The molecule has 0 saturated heterocycles. The van der Waals surface area contributed by atoms with Crippen LogP contribution in [0.3, 0.4) is 0 Å². The molecule has 1 amide bonds. The van der Waals surface area contributed by atoms with Crippen LogP contribution in [0.25, 0.3) is 0 Å². The van der Waals surface area contributed by atoms with Gasteiger partial charge in [-0.15, -0.1) is 0 Å². The van der Waals surface area contributed by atoms with Crippen LogP contribution in [0.4, 0.5) is 4.79 Å². The lowest BCUT2D eigenvalue weighted by Crippen LogP contribution is -2.36. The van der Waals surface area contributed by atoms with E-state index in [9.17, 15) is 9.59 Å². The van der Waals surface area contributed by atoms with Crippen LogP contribution >= 0.6 is 0 Å². The average Bonchev–Trinajstić information content (AvgIpc) is 3.13. The molecular formula is C16H21N5O4. The zero-order valence-corrected chi connectivity index (χ0v) is 13.9. The maximum absolute atomic E-state index is 11.8. The van der Waals surface area contributed by atoms with Crippen molar-refractivity contribution in [2.75, 3.05) is 20.4 Å². The van der Waals surface area contributed by atoms with Gasteiger partial charge >= 0.3 is 12.1 Å². The lowest BCUT2D eigenvalue weighted by Gasteiger charge is -2.17. The second-order valence-electron chi connectivity index (χ2n) is 5.37. The first-order valence-corrected chi connectivity index (χ1v) is 7.73. The summed E-state index contributed by atoms with van der Waals surface area (Å²) in [5.41, 5.74) is 7.31. The third kappa shape index (κ3) is 6.22. The van der Waals surface area contributed by atoms with Crippen molar-refractivity contribution in [3.05, 3.63) is 48.3 Å². The topological polar surface area (TPSA) is 123 Å². The fourth-order valence-corrected chi connectivity index (χ4v) is 1.99. The fraction of sp³-hybridized carbons (Fsp3) is 0.375. The number of nitrogens with two attached hydrogens (primary N) is 1. The van der Waals surface area contributed by atoms with Gasteiger partial charge in [-0.2, -0.15) is 0 Å². The van der Waals surface area contributed by atoms with Crippen LogP contribution < -0.4 is 5.73 Å². The number of hydrogen-bond acceptors (Lipinski definition) is 7. The van der Waals surface area contributed by atoms with Gasteiger partial charge in [0.2, 0.25) is 6.79 Å². The van der Waals surface area contributed by atoms with Crippen LogP contribution in [0.2, 0.25) is 0 Å². The predicted molar refractivity (Wildman–Crippen MR) is 88.3 cm³/mol. The highest BCUT2D eigenvalue weighted by Crippen LogP contribution is 2.00. The normalized spacial score (nSPS) is 11.6. The molecule has 25 heavy (non-hydrogen) atoms. The standard InChI is InChI=1S/C16H21N5O4/c1-21(7-5-12-4-2-3-6-19-12)16(23)25-11-24-15(22)14(17)8-13-9-18-10-20-13/h2-4,6,9-10,14H,5,7-8,11,17H2,1H3,(H,18,20)/t14-/m0/s1. The monoisotopic (exact) mass is 347 g/mol. The largest absolute Gasteiger partial charge is 0.427 e. The highest BCUT2D eigenvalue weighted by molar-refractivity contribution is 5.76. The molecule has 0 radical (unpaired) electrons. The van der Waals surface area contributed by atoms with Gasteiger partial charge in [-0.1, -0.05) is 6.07 Å². The quantitative estimate of drug-likeness (QED) is 0.526. The molecule has 1 atom stereocenters. The van der Waals surface area contributed by atoms with Gasteiger partial charge in [-0.25, -0.2) is 9.78 Å². The molecule has 0 aliphatic heterocycles. The number of H-pyrrole nitrogens is 1. The minimum Gasteiger partial charge on any atom is -0.427 e. The number of esters is 1. The highest BCUT2D eigenvalue weighted by atomic mass is 16.7. The van der Waals surface area contributed by atoms with Crippen molar-refractivity contribution in [2.45, 2.75) is 18.9 Å². The molecule has 0 aromatic carbocycles. The summed E-state index contributed by atoms with van der Waals surface area (Å²) in [6.45, 7) is -0.0502. The summed E-state index contributed by atoms with van der Waals surface area (Å²) >= 11 is 0. The summed E-state index contributed by atoms with van der Waals surface area (Å²) in [4.78, 5) is 35.8. The van der Waals surface area contributed by atoms with E-state index < -0.39 is 24.9 Å². The van der Waals surface area contributed by atoms with E-state index in [2.05, 4.69) is 15.0 Å². The number of imidazole rings is 1. The van der Waals surface area contributed by atoms with Crippen molar-refractivity contribution < 1.29 is 19.1 Å². The van der Waals surface area contributed by atoms with Crippen LogP contribution in [0.1, 0.15) is 11.4 Å². The average molecular weight is 347 g/mol. The summed E-state index contributed by atoms with van der Waals surface area (Å²) < 4.78 is 9.75. The molecule has 2 rings (SSSR count). The number of ether oxygens (including phenoxy) is 2. The number of hydrogen-bond donors (Lipinski definition) is 2. The Morgan fingerprint density at radius 3 is 2.88 bits per heavy atom. The number of carbonyl (C=O) groups is 2. The second-order valence-corrected chi connectivity index (χ2v) is 5.37. The van der Waals surface area contributed by atoms with Gasteiger partial charge in [-0.05, 0) is 12.1 Å². The molecule has 0 aliphatic rings. The number of likely N-dealkylation sites (N-methyl/N-ethyl adjacent to an activating group) is 1. The van der Waals surface area contributed by atoms with Crippen LogP contribution in [-0.2, 0) is 27.1 Å². The van der Waals surface area contributed by atoms with E-state index in [1.54, 1.807) is 19.4 Å². The first-order chi connectivity index (χ1) is 12.1. The Bertz CT molecular complexity index is 662. The molecule has 2 heterocycles. The van der Waals surface area contributed by atoms with E-state index in [0.717, 1.165) is 11.4 Å². The van der Waals surface area contributed by atoms with Crippen molar-refractivity contribution in [2.24, 2.45) is 5.73 Å². The van der Waals surface area contributed by atoms with Crippen molar-refractivity contribution in [1.82, 2.24) is 19.9 Å². The molecule has 0 spiro atoms. The SMILES string of the molecule is CN(CCc1ccccn1)C(=O)OCOC(=O)[C@@H](N)Cc1cnc[nH]1. The van der Waals surface area contributed by atoms with Gasteiger partial charge in [0, 0.05) is 50.2 Å². The molecule has 0 fully saturated rings. The second kappa shape index (κ2) is 9.38. The smallest absolute Gasteiger partial charge is 0.412 e. The minimum absolute atomic E-state index is 0.261. The number of nitrogens with zero attached hydrogens (tertiary/aromatic N) is 3. The summed E-state index contributed by atoms with van der Waals surface area (Å²) in [6, 6.07) is 4.72. The highest BCUT2D eigenvalue weighted by Gasteiger charge is 2.17. The minimum atomic E-state index is -0.860.